The molecule has 4 heteroatoms. The molecule has 4 nitrogen and oxygen atoms in total. The van der Waals surface area contributed by atoms with Gasteiger partial charge in [0, 0.05) is 12.6 Å². The van der Waals surface area contributed by atoms with Crippen LogP contribution in [-0.4, -0.2) is 43.5 Å². The molecule has 1 amide bonds. The monoisotopic (exact) mass is 255 g/mol. The molecule has 1 aliphatic carbocycles. The lowest BCUT2D eigenvalue weighted by atomic mass is 10.0. The van der Waals surface area contributed by atoms with Crippen LogP contribution in [0.15, 0.2) is 0 Å². The number of amides is 1. The smallest absolute Gasteiger partial charge is 0.234 e. The molecule has 0 aromatic rings. The third-order valence-corrected chi connectivity index (χ3v) is 3.92. The van der Waals surface area contributed by atoms with Gasteiger partial charge < -0.3 is 11.1 Å². The van der Waals surface area contributed by atoms with Crippen molar-refractivity contribution in [3.63, 3.8) is 0 Å². The molecular formula is C14H29N3O. The van der Waals surface area contributed by atoms with Crippen molar-refractivity contribution in [3.8, 4) is 0 Å². The Balaban J connectivity index is 2.26. The Hall–Kier alpha value is -0.610. The number of hydrogen-bond acceptors (Lipinski definition) is 3. The summed E-state index contributed by atoms with van der Waals surface area (Å²) < 4.78 is 0. The van der Waals surface area contributed by atoms with Crippen LogP contribution in [0.3, 0.4) is 0 Å². The summed E-state index contributed by atoms with van der Waals surface area (Å²) in [5.41, 5.74) is 5.78. The molecule has 0 aromatic heterocycles. The lowest BCUT2D eigenvalue weighted by molar-refractivity contribution is -0.122. The van der Waals surface area contributed by atoms with Crippen LogP contribution >= 0.6 is 0 Å². The first-order chi connectivity index (χ1) is 8.54. The van der Waals surface area contributed by atoms with E-state index in [0.717, 1.165) is 19.5 Å². The van der Waals surface area contributed by atoms with E-state index in [-0.39, 0.29) is 5.91 Å². The SMILES string of the molecule is CC(C)CCNC(=O)CN(C)C1CCCC1CN. The summed E-state index contributed by atoms with van der Waals surface area (Å²) in [6.07, 6.45) is 4.67. The molecule has 0 bridgehead atoms. The molecule has 1 fully saturated rings. The van der Waals surface area contributed by atoms with Crippen LogP contribution in [0.4, 0.5) is 0 Å². The molecule has 18 heavy (non-hydrogen) atoms. The van der Waals surface area contributed by atoms with E-state index in [0.29, 0.717) is 24.4 Å². The third kappa shape index (κ3) is 4.94. The van der Waals surface area contributed by atoms with E-state index < -0.39 is 0 Å². The number of hydrogen-bond donors (Lipinski definition) is 2. The lowest BCUT2D eigenvalue weighted by Crippen LogP contribution is -2.43. The maximum absolute atomic E-state index is 11.8. The minimum absolute atomic E-state index is 0.140. The van der Waals surface area contributed by atoms with Gasteiger partial charge in [-0.15, -0.1) is 0 Å². The third-order valence-electron chi connectivity index (χ3n) is 3.92. The van der Waals surface area contributed by atoms with Crippen LogP contribution in [0.5, 0.6) is 0 Å². The van der Waals surface area contributed by atoms with Gasteiger partial charge in [-0.1, -0.05) is 20.3 Å². The molecule has 0 spiro atoms. The Bertz CT molecular complexity index is 255. The van der Waals surface area contributed by atoms with Crippen LogP contribution in [0.25, 0.3) is 0 Å². The Labute approximate surface area is 111 Å². The number of nitrogens with two attached hydrogens (primary N) is 1. The number of carbonyl (C=O) groups is 1. The van der Waals surface area contributed by atoms with Crippen molar-refractivity contribution < 1.29 is 4.79 Å². The Kier molecular flexibility index (Phi) is 6.65. The van der Waals surface area contributed by atoms with Crippen LogP contribution in [-0.2, 0) is 4.79 Å². The van der Waals surface area contributed by atoms with Crippen LogP contribution in [0, 0.1) is 11.8 Å². The number of likely N-dealkylation sites (N-methyl/N-ethyl adjacent to an activating group) is 1. The number of nitrogens with zero attached hydrogens (tertiary/aromatic N) is 1. The summed E-state index contributed by atoms with van der Waals surface area (Å²) in [5, 5.41) is 2.99. The maximum atomic E-state index is 11.8. The van der Waals surface area contributed by atoms with E-state index in [9.17, 15) is 4.79 Å². The van der Waals surface area contributed by atoms with Crippen molar-refractivity contribution >= 4 is 5.91 Å². The largest absolute Gasteiger partial charge is 0.355 e. The molecule has 3 N–H and O–H groups in total. The predicted octanol–water partition coefficient (Wildman–Crippen LogP) is 1.21. The molecule has 1 rings (SSSR count). The van der Waals surface area contributed by atoms with Gasteiger partial charge in [-0.2, -0.15) is 0 Å². The first-order valence-electron chi connectivity index (χ1n) is 7.21. The lowest BCUT2D eigenvalue weighted by Gasteiger charge is -2.28. The first-order valence-corrected chi connectivity index (χ1v) is 7.21. The van der Waals surface area contributed by atoms with Crippen molar-refractivity contribution in [1.29, 1.82) is 0 Å². The maximum Gasteiger partial charge on any atom is 0.234 e. The van der Waals surface area contributed by atoms with Gasteiger partial charge in [-0.3, -0.25) is 9.69 Å². The quantitative estimate of drug-likeness (QED) is 0.719. The zero-order chi connectivity index (χ0) is 13.5. The average molecular weight is 255 g/mol. The van der Waals surface area contributed by atoms with E-state index in [4.69, 9.17) is 5.73 Å². The summed E-state index contributed by atoms with van der Waals surface area (Å²) in [7, 11) is 2.04. The minimum Gasteiger partial charge on any atom is -0.355 e. The fourth-order valence-corrected chi connectivity index (χ4v) is 2.77. The average Bonchev–Trinajstić information content (AvgIpc) is 2.76. The highest BCUT2D eigenvalue weighted by molar-refractivity contribution is 5.77. The van der Waals surface area contributed by atoms with Crippen molar-refractivity contribution in [3.05, 3.63) is 0 Å². The Morgan fingerprint density at radius 1 is 1.44 bits per heavy atom. The second kappa shape index (κ2) is 7.74. The molecule has 106 valence electrons. The van der Waals surface area contributed by atoms with Crippen molar-refractivity contribution in [2.24, 2.45) is 17.6 Å². The summed E-state index contributed by atoms with van der Waals surface area (Å²) >= 11 is 0. The molecule has 0 saturated heterocycles. The number of carbonyl (C=O) groups excluding carboxylic acids is 1. The van der Waals surface area contributed by atoms with E-state index in [1.807, 2.05) is 7.05 Å². The van der Waals surface area contributed by atoms with Gasteiger partial charge in [0.1, 0.15) is 0 Å². The number of rotatable bonds is 7. The van der Waals surface area contributed by atoms with Gasteiger partial charge in [-0.25, -0.2) is 0 Å². The van der Waals surface area contributed by atoms with E-state index in [1.54, 1.807) is 0 Å². The standard InChI is InChI=1S/C14H29N3O/c1-11(2)7-8-16-14(18)10-17(3)13-6-4-5-12(13)9-15/h11-13H,4-10,15H2,1-3H3,(H,16,18). The molecule has 0 aliphatic heterocycles. The molecule has 0 radical (unpaired) electrons. The Morgan fingerprint density at radius 2 is 2.17 bits per heavy atom. The van der Waals surface area contributed by atoms with Gasteiger partial charge in [-0.05, 0) is 44.7 Å². The highest BCUT2D eigenvalue weighted by atomic mass is 16.2. The molecular weight excluding hydrogens is 226 g/mol. The fraction of sp³-hybridized carbons (Fsp3) is 0.929. The van der Waals surface area contributed by atoms with E-state index >= 15 is 0 Å². The zero-order valence-corrected chi connectivity index (χ0v) is 12.1. The summed E-state index contributed by atoms with van der Waals surface area (Å²) in [6, 6.07) is 0.492. The molecule has 0 heterocycles. The second-order valence-corrected chi connectivity index (χ2v) is 5.94. The van der Waals surface area contributed by atoms with E-state index in [1.165, 1.54) is 19.3 Å². The summed E-state index contributed by atoms with van der Waals surface area (Å²) in [4.78, 5) is 14.0. The summed E-state index contributed by atoms with van der Waals surface area (Å²) in [6.45, 7) is 6.36. The highest BCUT2D eigenvalue weighted by Gasteiger charge is 2.29. The van der Waals surface area contributed by atoms with Crippen molar-refractivity contribution in [2.75, 3.05) is 26.7 Å². The number of nitrogens with one attached hydrogen (secondary N) is 1. The normalized spacial score (nSPS) is 23.9. The Morgan fingerprint density at radius 3 is 2.78 bits per heavy atom. The fourth-order valence-electron chi connectivity index (χ4n) is 2.77. The van der Waals surface area contributed by atoms with Crippen molar-refractivity contribution in [1.82, 2.24) is 10.2 Å². The molecule has 2 atom stereocenters. The van der Waals surface area contributed by atoms with Crippen LogP contribution in [0.1, 0.15) is 39.5 Å². The molecule has 1 saturated carbocycles. The van der Waals surface area contributed by atoms with Gasteiger partial charge in [0.15, 0.2) is 0 Å². The second-order valence-electron chi connectivity index (χ2n) is 5.94. The molecule has 1 aliphatic rings. The van der Waals surface area contributed by atoms with Gasteiger partial charge in [0.2, 0.25) is 5.91 Å². The van der Waals surface area contributed by atoms with Gasteiger partial charge in [0.25, 0.3) is 0 Å². The van der Waals surface area contributed by atoms with Crippen LogP contribution < -0.4 is 11.1 Å². The van der Waals surface area contributed by atoms with Crippen LogP contribution in [0.2, 0.25) is 0 Å². The topological polar surface area (TPSA) is 58.4 Å². The molecule has 0 aromatic carbocycles. The minimum atomic E-state index is 0.140. The predicted molar refractivity (Wildman–Crippen MR) is 75.3 cm³/mol. The molecule has 2 unspecified atom stereocenters. The van der Waals surface area contributed by atoms with Gasteiger partial charge in [0.05, 0.1) is 6.54 Å². The van der Waals surface area contributed by atoms with Crippen molar-refractivity contribution in [2.45, 2.75) is 45.6 Å². The highest BCUT2D eigenvalue weighted by Crippen LogP contribution is 2.28. The summed E-state index contributed by atoms with van der Waals surface area (Å²) in [5.74, 6) is 1.35. The first kappa shape index (κ1) is 15.4. The van der Waals surface area contributed by atoms with E-state index in [2.05, 4.69) is 24.1 Å². The van der Waals surface area contributed by atoms with Gasteiger partial charge >= 0.3 is 0 Å². The zero-order valence-electron chi connectivity index (χ0n) is 12.1.